The van der Waals surface area contributed by atoms with E-state index in [-0.39, 0.29) is 12.1 Å². The molecule has 0 spiro atoms. The van der Waals surface area contributed by atoms with Crippen molar-refractivity contribution in [1.29, 1.82) is 0 Å². The van der Waals surface area contributed by atoms with Crippen LogP contribution in [0.4, 0.5) is 8.78 Å². The minimum atomic E-state index is -0.493. The Kier molecular flexibility index (Phi) is 2.76. The Hall–Kier alpha value is -0.960. The lowest BCUT2D eigenvalue weighted by Crippen LogP contribution is -2.10. The molecule has 0 radical (unpaired) electrons. The van der Waals surface area contributed by atoms with Crippen molar-refractivity contribution in [2.24, 2.45) is 0 Å². The summed E-state index contributed by atoms with van der Waals surface area (Å²) in [6, 6.07) is 2.72. The molecule has 1 rings (SSSR count). The standard InChI is InChI=1S/C9H11F2N/c1-6-3-4-8(10)7(5-12-2)9(6)11/h3-4,12H,5H2,1-2H3. The second-order valence-electron chi connectivity index (χ2n) is 2.69. The fraction of sp³-hybridized carbons (Fsp3) is 0.333. The molecule has 0 aliphatic carbocycles. The molecule has 0 bridgehead atoms. The molecule has 0 saturated carbocycles. The van der Waals surface area contributed by atoms with Gasteiger partial charge >= 0.3 is 0 Å². The molecule has 3 heteroatoms. The van der Waals surface area contributed by atoms with Gasteiger partial charge in [-0.25, -0.2) is 8.78 Å². The van der Waals surface area contributed by atoms with Crippen molar-refractivity contribution in [3.05, 3.63) is 34.9 Å². The number of benzene rings is 1. The summed E-state index contributed by atoms with van der Waals surface area (Å²) in [5.41, 5.74) is 0.583. The highest BCUT2D eigenvalue weighted by molar-refractivity contribution is 5.26. The Labute approximate surface area is 70.4 Å². The average molecular weight is 171 g/mol. The summed E-state index contributed by atoms with van der Waals surface area (Å²) in [6.07, 6.45) is 0. The molecule has 0 aliphatic heterocycles. The van der Waals surface area contributed by atoms with Crippen LogP contribution in [0.2, 0.25) is 0 Å². The van der Waals surface area contributed by atoms with Gasteiger partial charge in [0, 0.05) is 12.1 Å². The molecule has 12 heavy (non-hydrogen) atoms. The van der Waals surface area contributed by atoms with Crippen LogP contribution in [-0.4, -0.2) is 7.05 Å². The molecule has 1 aromatic rings. The van der Waals surface area contributed by atoms with Gasteiger partial charge in [-0.3, -0.25) is 0 Å². The van der Waals surface area contributed by atoms with Gasteiger partial charge in [-0.15, -0.1) is 0 Å². The third-order valence-electron chi connectivity index (χ3n) is 1.73. The lowest BCUT2D eigenvalue weighted by atomic mass is 10.1. The summed E-state index contributed by atoms with van der Waals surface area (Å²) in [5, 5.41) is 2.71. The molecule has 0 fully saturated rings. The number of nitrogens with one attached hydrogen (secondary N) is 1. The first kappa shape index (κ1) is 9.13. The molecule has 0 amide bonds. The molecule has 1 N–H and O–H groups in total. The molecule has 0 heterocycles. The number of hydrogen-bond acceptors (Lipinski definition) is 1. The Morgan fingerprint density at radius 3 is 2.58 bits per heavy atom. The Bertz CT molecular complexity index is 284. The van der Waals surface area contributed by atoms with Gasteiger partial charge in [0.25, 0.3) is 0 Å². The van der Waals surface area contributed by atoms with E-state index < -0.39 is 11.6 Å². The first-order valence-electron chi connectivity index (χ1n) is 3.75. The van der Waals surface area contributed by atoms with Crippen molar-refractivity contribution in [3.8, 4) is 0 Å². The topological polar surface area (TPSA) is 12.0 Å². The van der Waals surface area contributed by atoms with Crippen molar-refractivity contribution >= 4 is 0 Å². The minimum absolute atomic E-state index is 0.109. The van der Waals surface area contributed by atoms with E-state index in [1.54, 1.807) is 14.0 Å². The van der Waals surface area contributed by atoms with Gasteiger partial charge < -0.3 is 5.32 Å². The van der Waals surface area contributed by atoms with Crippen molar-refractivity contribution in [3.63, 3.8) is 0 Å². The van der Waals surface area contributed by atoms with E-state index in [1.807, 2.05) is 0 Å². The zero-order valence-corrected chi connectivity index (χ0v) is 7.12. The Balaban J connectivity index is 3.14. The van der Waals surface area contributed by atoms with E-state index in [1.165, 1.54) is 12.1 Å². The first-order chi connectivity index (χ1) is 5.66. The van der Waals surface area contributed by atoms with Gasteiger partial charge in [0.2, 0.25) is 0 Å². The predicted octanol–water partition coefficient (Wildman–Crippen LogP) is 1.99. The monoisotopic (exact) mass is 171 g/mol. The van der Waals surface area contributed by atoms with E-state index in [2.05, 4.69) is 5.32 Å². The minimum Gasteiger partial charge on any atom is -0.315 e. The lowest BCUT2D eigenvalue weighted by Gasteiger charge is -2.05. The lowest BCUT2D eigenvalue weighted by molar-refractivity contribution is 0.540. The second kappa shape index (κ2) is 3.63. The normalized spacial score (nSPS) is 10.3. The smallest absolute Gasteiger partial charge is 0.133 e. The molecule has 0 saturated heterocycles. The molecule has 1 nitrogen and oxygen atoms in total. The van der Waals surface area contributed by atoms with E-state index in [0.29, 0.717) is 5.56 Å². The number of rotatable bonds is 2. The molecule has 0 unspecified atom stereocenters. The Morgan fingerprint density at radius 1 is 1.33 bits per heavy atom. The average Bonchev–Trinajstić information content (AvgIpc) is 2.06. The van der Waals surface area contributed by atoms with E-state index in [4.69, 9.17) is 0 Å². The van der Waals surface area contributed by atoms with E-state index >= 15 is 0 Å². The van der Waals surface area contributed by atoms with Crippen LogP contribution < -0.4 is 5.32 Å². The van der Waals surface area contributed by atoms with Gasteiger partial charge in [0.15, 0.2) is 0 Å². The van der Waals surface area contributed by atoms with Crippen LogP contribution in [0, 0.1) is 18.6 Å². The highest BCUT2D eigenvalue weighted by Crippen LogP contribution is 2.15. The van der Waals surface area contributed by atoms with Crippen molar-refractivity contribution in [1.82, 2.24) is 5.32 Å². The highest BCUT2D eigenvalue weighted by atomic mass is 19.1. The molecular weight excluding hydrogens is 160 g/mol. The fourth-order valence-electron chi connectivity index (χ4n) is 1.05. The second-order valence-corrected chi connectivity index (χ2v) is 2.69. The van der Waals surface area contributed by atoms with Crippen LogP contribution >= 0.6 is 0 Å². The maximum absolute atomic E-state index is 13.2. The first-order valence-corrected chi connectivity index (χ1v) is 3.75. The highest BCUT2D eigenvalue weighted by Gasteiger charge is 2.09. The van der Waals surface area contributed by atoms with Crippen molar-refractivity contribution in [2.45, 2.75) is 13.5 Å². The number of halogens is 2. The summed E-state index contributed by atoms with van der Waals surface area (Å²) >= 11 is 0. The summed E-state index contributed by atoms with van der Waals surface area (Å²) in [6.45, 7) is 1.84. The van der Waals surface area contributed by atoms with E-state index in [0.717, 1.165) is 0 Å². The van der Waals surface area contributed by atoms with Crippen LogP contribution in [0.5, 0.6) is 0 Å². The third-order valence-corrected chi connectivity index (χ3v) is 1.73. The maximum Gasteiger partial charge on any atom is 0.133 e. The summed E-state index contributed by atoms with van der Waals surface area (Å²) in [5.74, 6) is -0.947. The van der Waals surface area contributed by atoms with Crippen LogP contribution in [0.25, 0.3) is 0 Å². The summed E-state index contributed by atoms with van der Waals surface area (Å²) in [4.78, 5) is 0. The van der Waals surface area contributed by atoms with Crippen LogP contribution in [0.1, 0.15) is 11.1 Å². The predicted molar refractivity (Wildman–Crippen MR) is 43.9 cm³/mol. The van der Waals surface area contributed by atoms with Crippen LogP contribution in [0.15, 0.2) is 12.1 Å². The third kappa shape index (κ3) is 1.61. The molecule has 0 atom stereocenters. The zero-order chi connectivity index (χ0) is 9.14. The Morgan fingerprint density at radius 2 is 2.00 bits per heavy atom. The van der Waals surface area contributed by atoms with Gasteiger partial charge in [0.1, 0.15) is 11.6 Å². The van der Waals surface area contributed by atoms with Crippen LogP contribution in [-0.2, 0) is 6.54 Å². The fourth-order valence-corrected chi connectivity index (χ4v) is 1.05. The van der Waals surface area contributed by atoms with Gasteiger partial charge in [0.05, 0.1) is 0 Å². The molecule has 1 aromatic carbocycles. The van der Waals surface area contributed by atoms with E-state index in [9.17, 15) is 8.78 Å². The number of hydrogen-bond donors (Lipinski definition) is 1. The molecule has 0 aromatic heterocycles. The summed E-state index contributed by atoms with van der Waals surface area (Å²) in [7, 11) is 1.65. The molecule has 0 aliphatic rings. The largest absolute Gasteiger partial charge is 0.315 e. The van der Waals surface area contributed by atoms with Gasteiger partial charge in [-0.2, -0.15) is 0 Å². The number of aryl methyl sites for hydroxylation is 1. The maximum atomic E-state index is 13.2. The zero-order valence-electron chi connectivity index (χ0n) is 7.12. The van der Waals surface area contributed by atoms with Crippen molar-refractivity contribution in [2.75, 3.05) is 7.05 Å². The van der Waals surface area contributed by atoms with Crippen molar-refractivity contribution < 1.29 is 8.78 Å². The molecular formula is C9H11F2N. The summed E-state index contributed by atoms with van der Waals surface area (Å²) < 4.78 is 26.1. The molecule has 66 valence electrons. The van der Waals surface area contributed by atoms with Gasteiger partial charge in [-0.05, 0) is 25.6 Å². The SMILES string of the molecule is CNCc1c(F)ccc(C)c1F. The van der Waals surface area contributed by atoms with Gasteiger partial charge in [-0.1, -0.05) is 6.07 Å². The van der Waals surface area contributed by atoms with Crippen LogP contribution in [0.3, 0.4) is 0 Å². The quantitative estimate of drug-likeness (QED) is 0.717.